The van der Waals surface area contributed by atoms with Gasteiger partial charge < -0.3 is 5.73 Å². The van der Waals surface area contributed by atoms with E-state index in [2.05, 4.69) is 22.6 Å². The van der Waals surface area contributed by atoms with Crippen LogP contribution in [0.25, 0.3) is 0 Å². The number of nitrogens with two attached hydrogens (primary N) is 1. The average molecular weight is 382 g/mol. The third-order valence-electron chi connectivity index (χ3n) is 3.11. The number of carbonyl (C=O) groups is 2. The Morgan fingerprint density at radius 1 is 1.30 bits per heavy atom. The minimum Gasteiger partial charge on any atom is -0.361 e. The van der Waals surface area contributed by atoms with Crippen LogP contribution in [0.2, 0.25) is 0 Å². The van der Waals surface area contributed by atoms with Crippen LogP contribution in [0.1, 0.15) is 13.3 Å². The van der Waals surface area contributed by atoms with Gasteiger partial charge in [0.1, 0.15) is 3.55 Å². The Morgan fingerprint density at radius 2 is 1.95 bits per heavy atom. The Morgan fingerprint density at radius 3 is 2.45 bits per heavy atom. The fraction of sp³-hybridized carbons (Fsp3) is 0.200. The number of amides is 2. The molecule has 1 atom stereocenters. The molecule has 2 amide bonds. The Labute approximate surface area is 131 Å². The van der Waals surface area contributed by atoms with E-state index in [1.54, 1.807) is 12.1 Å². The van der Waals surface area contributed by atoms with Gasteiger partial charge in [-0.2, -0.15) is 0 Å². The van der Waals surface area contributed by atoms with Crippen molar-refractivity contribution in [2.45, 2.75) is 16.9 Å². The number of benzene rings is 1. The molecule has 1 aliphatic rings. The second-order valence-corrected chi connectivity index (χ2v) is 6.51. The molecular formula is C15H15IN2O2. The predicted molar refractivity (Wildman–Crippen MR) is 87.4 cm³/mol. The van der Waals surface area contributed by atoms with Crippen LogP contribution in [-0.2, 0) is 9.59 Å². The van der Waals surface area contributed by atoms with Crippen LogP contribution in [0.5, 0.6) is 0 Å². The molecule has 2 N–H and O–H groups in total. The first-order chi connectivity index (χ1) is 9.44. The highest BCUT2D eigenvalue weighted by atomic mass is 127. The minimum absolute atomic E-state index is 0.620. The molecule has 0 saturated heterocycles. The van der Waals surface area contributed by atoms with Crippen LogP contribution in [0.4, 0.5) is 5.69 Å². The Bertz CT molecular complexity index is 595. The van der Waals surface area contributed by atoms with E-state index in [1.807, 2.05) is 43.4 Å². The Balaban J connectivity index is 2.46. The van der Waals surface area contributed by atoms with Crippen LogP contribution in [-0.4, -0.2) is 15.4 Å². The van der Waals surface area contributed by atoms with Gasteiger partial charge in [0, 0.05) is 12.1 Å². The highest BCUT2D eigenvalue weighted by molar-refractivity contribution is 14.1. The fourth-order valence-electron chi connectivity index (χ4n) is 2.05. The van der Waals surface area contributed by atoms with Crippen molar-refractivity contribution in [3.63, 3.8) is 0 Å². The summed E-state index contributed by atoms with van der Waals surface area (Å²) < 4.78 is -0.620. The molecule has 104 valence electrons. The molecule has 1 aliphatic carbocycles. The zero-order valence-electron chi connectivity index (χ0n) is 11.0. The van der Waals surface area contributed by atoms with Gasteiger partial charge >= 0.3 is 11.8 Å². The number of rotatable bonds is 2. The summed E-state index contributed by atoms with van der Waals surface area (Å²) in [5.74, 6) is -1.66. The van der Waals surface area contributed by atoms with Crippen molar-refractivity contribution < 1.29 is 9.59 Å². The van der Waals surface area contributed by atoms with Crippen LogP contribution < -0.4 is 10.6 Å². The van der Waals surface area contributed by atoms with Crippen LogP contribution in [0, 0.1) is 0 Å². The zero-order chi connectivity index (χ0) is 14.8. The Hall–Kier alpha value is -1.63. The number of allylic oxidation sites excluding steroid dienone is 2. The fourth-order valence-corrected chi connectivity index (χ4v) is 2.95. The molecule has 5 heteroatoms. The molecule has 0 heterocycles. The Kier molecular flexibility index (Phi) is 4.27. The van der Waals surface area contributed by atoms with Crippen LogP contribution >= 0.6 is 22.6 Å². The van der Waals surface area contributed by atoms with Gasteiger partial charge in [-0.05, 0) is 47.7 Å². The van der Waals surface area contributed by atoms with Crippen molar-refractivity contribution in [1.82, 2.24) is 0 Å². The normalized spacial score (nSPS) is 21.2. The molecule has 0 aromatic heterocycles. The van der Waals surface area contributed by atoms with Crippen molar-refractivity contribution in [3.05, 3.63) is 54.1 Å². The van der Waals surface area contributed by atoms with Gasteiger partial charge in [0.25, 0.3) is 0 Å². The monoisotopic (exact) mass is 382 g/mol. The summed E-state index contributed by atoms with van der Waals surface area (Å²) in [6.45, 7) is 2.00. The van der Waals surface area contributed by atoms with Crippen molar-refractivity contribution in [1.29, 1.82) is 0 Å². The number of para-hydroxylation sites is 1. The maximum atomic E-state index is 12.2. The third-order valence-corrected chi connectivity index (χ3v) is 4.39. The lowest BCUT2D eigenvalue weighted by atomic mass is 10.0. The summed E-state index contributed by atoms with van der Waals surface area (Å²) in [7, 11) is 0. The summed E-state index contributed by atoms with van der Waals surface area (Å²) in [5, 5.41) is 0. The minimum atomic E-state index is -0.954. The first kappa shape index (κ1) is 14.8. The SMILES string of the molecule is CC1=CCC(I)(N(C(=O)C(N)=O)c2ccccc2)C=C1. The second-order valence-electron chi connectivity index (χ2n) is 4.64. The smallest absolute Gasteiger partial charge is 0.317 e. The van der Waals surface area contributed by atoms with Gasteiger partial charge in [0.15, 0.2) is 0 Å². The summed E-state index contributed by atoms with van der Waals surface area (Å²) in [6, 6.07) is 9.09. The molecule has 0 fully saturated rings. The summed E-state index contributed by atoms with van der Waals surface area (Å²) in [6.07, 6.45) is 6.54. The molecule has 0 spiro atoms. The lowest BCUT2D eigenvalue weighted by Gasteiger charge is -2.37. The number of hydrogen-bond donors (Lipinski definition) is 1. The van der Waals surface area contributed by atoms with Gasteiger partial charge in [0.05, 0.1) is 0 Å². The molecule has 1 aromatic carbocycles. The molecular weight excluding hydrogens is 367 g/mol. The van der Waals surface area contributed by atoms with Gasteiger partial charge in [-0.1, -0.05) is 35.9 Å². The summed E-state index contributed by atoms with van der Waals surface area (Å²) in [4.78, 5) is 25.0. The van der Waals surface area contributed by atoms with Gasteiger partial charge in [-0.3, -0.25) is 14.5 Å². The van der Waals surface area contributed by atoms with E-state index < -0.39 is 15.4 Å². The lowest BCUT2D eigenvalue weighted by Crippen LogP contribution is -2.51. The molecule has 20 heavy (non-hydrogen) atoms. The van der Waals surface area contributed by atoms with E-state index in [1.165, 1.54) is 4.90 Å². The van der Waals surface area contributed by atoms with E-state index in [4.69, 9.17) is 5.73 Å². The van der Waals surface area contributed by atoms with Crippen LogP contribution in [0.3, 0.4) is 0 Å². The van der Waals surface area contributed by atoms with E-state index in [0.29, 0.717) is 12.1 Å². The predicted octanol–water partition coefficient (Wildman–Crippen LogP) is 2.54. The summed E-state index contributed by atoms with van der Waals surface area (Å²) >= 11 is 2.18. The second kappa shape index (κ2) is 5.78. The standard InChI is InChI=1S/C15H15IN2O2/c1-11-7-9-15(16,10-8-11)18(14(20)13(17)19)12-5-3-2-4-6-12/h2-9H,10H2,1H3,(H2,17,19). The van der Waals surface area contributed by atoms with Crippen molar-refractivity contribution in [2.75, 3.05) is 4.90 Å². The van der Waals surface area contributed by atoms with E-state index in [9.17, 15) is 9.59 Å². The van der Waals surface area contributed by atoms with Crippen molar-refractivity contribution in [3.8, 4) is 0 Å². The quantitative estimate of drug-likeness (QED) is 0.370. The first-order valence-corrected chi connectivity index (χ1v) is 7.26. The van der Waals surface area contributed by atoms with E-state index in [0.717, 1.165) is 5.57 Å². The highest BCUT2D eigenvalue weighted by Gasteiger charge is 2.38. The number of primary amides is 1. The maximum absolute atomic E-state index is 12.2. The number of hydrogen-bond acceptors (Lipinski definition) is 2. The molecule has 1 unspecified atom stereocenters. The molecule has 0 saturated carbocycles. The van der Waals surface area contributed by atoms with Crippen molar-refractivity contribution in [2.24, 2.45) is 5.73 Å². The number of carbonyl (C=O) groups excluding carboxylic acids is 2. The lowest BCUT2D eigenvalue weighted by molar-refractivity contribution is -0.135. The first-order valence-electron chi connectivity index (χ1n) is 6.18. The van der Waals surface area contributed by atoms with E-state index >= 15 is 0 Å². The molecule has 4 nitrogen and oxygen atoms in total. The molecule has 2 rings (SSSR count). The molecule has 0 aliphatic heterocycles. The van der Waals surface area contributed by atoms with Crippen LogP contribution in [0.15, 0.2) is 54.1 Å². The number of anilines is 1. The molecule has 0 radical (unpaired) electrons. The third kappa shape index (κ3) is 2.92. The largest absolute Gasteiger partial charge is 0.361 e. The van der Waals surface area contributed by atoms with Gasteiger partial charge in [-0.25, -0.2) is 0 Å². The van der Waals surface area contributed by atoms with Crippen molar-refractivity contribution >= 4 is 40.1 Å². The van der Waals surface area contributed by atoms with Gasteiger partial charge in [0.2, 0.25) is 0 Å². The average Bonchev–Trinajstić information content (AvgIpc) is 2.43. The highest BCUT2D eigenvalue weighted by Crippen LogP contribution is 2.37. The van der Waals surface area contributed by atoms with E-state index in [-0.39, 0.29) is 0 Å². The zero-order valence-corrected chi connectivity index (χ0v) is 13.2. The topological polar surface area (TPSA) is 63.4 Å². The molecule has 0 bridgehead atoms. The number of alkyl halides is 1. The number of halogens is 1. The summed E-state index contributed by atoms with van der Waals surface area (Å²) in [5.41, 5.74) is 6.99. The van der Waals surface area contributed by atoms with Gasteiger partial charge in [-0.15, -0.1) is 0 Å². The number of nitrogens with zero attached hydrogens (tertiary/aromatic N) is 1. The maximum Gasteiger partial charge on any atom is 0.317 e. The molecule has 1 aromatic rings.